The van der Waals surface area contributed by atoms with Crippen LogP contribution in [-0.2, 0) is 9.53 Å². The smallest absolute Gasteiger partial charge is 0.382 e. The zero-order chi connectivity index (χ0) is 16.8. The minimum Gasteiger partial charge on any atom is -0.446 e. The zero-order valence-corrected chi connectivity index (χ0v) is 12.7. The van der Waals surface area contributed by atoms with Gasteiger partial charge in [-0.2, -0.15) is 4.39 Å². The number of hydrogen-bond donors (Lipinski definition) is 0. The molecule has 2 rings (SSSR count). The lowest BCUT2D eigenvalue weighted by Gasteiger charge is -2.16. The van der Waals surface area contributed by atoms with Crippen molar-refractivity contribution < 1.29 is 18.7 Å². The molecular formula is C17H15FN2O3. The predicted molar refractivity (Wildman–Crippen MR) is 81.2 cm³/mol. The zero-order valence-electron chi connectivity index (χ0n) is 12.7. The molecule has 6 heteroatoms. The molecule has 118 valence electrons. The number of rotatable bonds is 5. The van der Waals surface area contributed by atoms with E-state index >= 15 is 0 Å². The third-order valence-corrected chi connectivity index (χ3v) is 3.30. The van der Waals surface area contributed by atoms with Gasteiger partial charge in [0, 0.05) is 0 Å². The second-order valence-electron chi connectivity index (χ2n) is 4.71. The number of halogens is 1. The number of ketones is 1. The Labute approximate surface area is 133 Å². The molecule has 1 aromatic heterocycles. The summed E-state index contributed by atoms with van der Waals surface area (Å²) in [6.45, 7) is 3.14. The average Bonchev–Trinajstić information content (AvgIpc) is 2.96. The molecule has 0 aliphatic heterocycles. The fourth-order valence-electron chi connectivity index (χ4n) is 2.07. The molecule has 0 N–H and O–H groups in total. The second-order valence-corrected chi connectivity index (χ2v) is 4.71. The molecule has 0 saturated carbocycles. The van der Waals surface area contributed by atoms with Crippen molar-refractivity contribution >= 4 is 11.8 Å². The van der Waals surface area contributed by atoms with E-state index < -0.39 is 23.4 Å². The summed E-state index contributed by atoms with van der Waals surface area (Å²) in [6.07, 6.45) is 1.19. The molecule has 23 heavy (non-hydrogen) atoms. The van der Waals surface area contributed by atoms with Crippen molar-refractivity contribution in [3.8, 4) is 11.8 Å². The maximum absolute atomic E-state index is 13.9. The molecule has 5 nitrogen and oxygen atoms in total. The topological polar surface area (TPSA) is 61.2 Å². The molecule has 0 spiro atoms. The van der Waals surface area contributed by atoms with Gasteiger partial charge in [-0.15, -0.1) is 5.92 Å². The van der Waals surface area contributed by atoms with Crippen LogP contribution in [-0.4, -0.2) is 27.9 Å². The average molecular weight is 314 g/mol. The Bertz CT molecular complexity index is 772. The maximum atomic E-state index is 13.9. The van der Waals surface area contributed by atoms with Crippen LogP contribution in [0.15, 0.2) is 36.7 Å². The van der Waals surface area contributed by atoms with E-state index in [1.54, 1.807) is 13.8 Å². The summed E-state index contributed by atoms with van der Waals surface area (Å²) >= 11 is 0. The van der Waals surface area contributed by atoms with Gasteiger partial charge >= 0.3 is 5.97 Å². The SMILES string of the molecule is CC#CCOC(=O)C(=O)c1c(F)ncn1[C@H](C)c1ccccc1. The van der Waals surface area contributed by atoms with Gasteiger partial charge in [0.1, 0.15) is 0 Å². The highest BCUT2D eigenvalue weighted by atomic mass is 19.1. The molecule has 1 aromatic carbocycles. The summed E-state index contributed by atoms with van der Waals surface area (Å²) in [6, 6.07) is 8.83. The Hall–Kier alpha value is -2.94. The van der Waals surface area contributed by atoms with Crippen molar-refractivity contribution in [1.82, 2.24) is 9.55 Å². The number of carbonyl (C=O) groups is 2. The largest absolute Gasteiger partial charge is 0.446 e. The van der Waals surface area contributed by atoms with Crippen LogP contribution in [0.5, 0.6) is 0 Å². The lowest BCUT2D eigenvalue weighted by molar-refractivity contribution is -0.136. The van der Waals surface area contributed by atoms with E-state index in [1.807, 2.05) is 30.3 Å². The van der Waals surface area contributed by atoms with Gasteiger partial charge in [-0.3, -0.25) is 4.79 Å². The van der Waals surface area contributed by atoms with Gasteiger partial charge in [0.2, 0.25) is 5.95 Å². The van der Waals surface area contributed by atoms with Gasteiger partial charge in [0.05, 0.1) is 12.4 Å². The summed E-state index contributed by atoms with van der Waals surface area (Å²) in [5.74, 6) is 1.78. The number of hydrogen-bond acceptors (Lipinski definition) is 4. The summed E-state index contributed by atoms with van der Waals surface area (Å²) in [7, 11) is 0. The Morgan fingerprint density at radius 3 is 2.70 bits per heavy atom. The number of imidazole rings is 1. The van der Waals surface area contributed by atoms with Crippen molar-refractivity contribution in [2.24, 2.45) is 0 Å². The molecule has 0 fully saturated rings. The number of ether oxygens (including phenoxy) is 1. The lowest BCUT2D eigenvalue weighted by Crippen LogP contribution is -2.23. The molecule has 0 saturated heterocycles. The normalized spacial score (nSPS) is 11.3. The van der Waals surface area contributed by atoms with E-state index in [9.17, 15) is 14.0 Å². The van der Waals surface area contributed by atoms with Gasteiger partial charge < -0.3 is 9.30 Å². The third-order valence-electron chi connectivity index (χ3n) is 3.30. The minimum absolute atomic E-state index is 0.217. The van der Waals surface area contributed by atoms with E-state index in [0.29, 0.717) is 0 Å². The Kier molecular flexibility index (Phi) is 5.26. The maximum Gasteiger partial charge on any atom is 0.382 e. The second kappa shape index (κ2) is 7.36. The standard InChI is InChI=1S/C17H15FN2O3/c1-3-4-10-23-17(22)15(21)14-16(18)19-11-20(14)12(2)13-8-6-5-7-9-13/h5-9,11-12H,10H2,1-2H3/t12-/m1/s1. The number of nitrogens with zero attached hydrogens (tertiary/aromatic N) is 2. The number of carbonyl (C=O) groups excluding carboxylic acids is 2. The van der Waals surface area contributed by atoms with Crippen molar-refractivity contribution in [2.75, 3.05) is 6.61 Å². The van der Waals surface area contributed by atoms with E-state index in [0.717, 1.165) is 5.56 Å². The van der Waals surface area contributed by atoms with Crippen LogP contribution in [0, 0.1) is 17.8 Å². The minimum atomic E-state index is -1.16. The molecule has 0 aliphatic rings. The summed E-state index contributed by atoms with van der Waals surface area (Å²) in [5, 5.41) is 0. The number of aromatic nitrogens is 2. The number of benzene rings is 1. The van der Waals surface area contributed by atoms with E-state index in [2.05, 4.69) is 16.8 Å². The van der Waals surface area contributed by atoms with Crippen LogP contribution in [0.3, 0.4) is 0 Å². The van der Waals surface area contributed by atoms with Crippen molar-refractivity contribution in [3.63, 3.8) is 0 Å². The van der Waals surface area contributed by atoms with Gasteiger partial charge in [0.25, 0.3) is 5.78 Å². The van der Waals surface area contributed by atoms with Crippen LogP contribution in [0.1, 0.15) is 35.9 Å². The molecule has 1 atom stereocenters. The van der Waals surface area contributed by atoms with Crippen LogP contribution < -0.4 is 0 Å². The van der Waals surface area contributed by atoms with E-state index in [4.69, 9.17) is 4.74 Å². The monoisotopic (exact) mass is 314 g/mol. The highest BCUT2D eigenvalue weighted by molar-refractivity contribution is 6.40. The van der Waals surface area contributed by atoms with Crippen LogP contribution in [0.4, 0.5) is 4.39 Å². The predicted octanol–water partition coefficient (Wildman–Crippen LogP) is 2.38. The van der Waals surface area contributed by atoms with Gasteiger partial charge in [-0.05, 0) is 19.4 Å². The van der Waals surface area contributed by atoms with Crippen LogP contribution in [0.25, 0.3) is 0 Å². The molecule has 0 bridgehead atoms. The highest BCUT2D eigenvalue weighted by Gasteiger charge is 2.28. The molecule has 0 unspecified atom stereocenters. The van der Waals surface area contributed by atoms with E-state index in [-0.39, 0.29) is 12.6 Å². The van der Waals surface area contributed by atoms with Gasteiger partial charge in [-0.25, -0.2) is 9.78 Å². The fraction of sp³-hybridized carbons (Fsp3) is 0.235. The van der Waals surface area contributed by atoms with Crippen molar-refractivity contribution in [1.29, 1.82) is 0 Å². The first-order valence-corrected chi connectivity index (χ1v) is 6.94. The Morgan fingerprint density at radius 2 is 2.04 bits per heavy atom. The molecular weight excluding hydrogens is 299 g/mol. The summed E-state index contributed by atoms with van der Waals surface area (Å²) in [4.78, 5) is 27.4. The number of Topliss-reactive ketones (excluding diaryl/α,β-unsaturated/α-hetero) is 1. The fourth-order valence-corrected chi connectivity index (χ4v) is 2.07. The summed E-state index contributed by atoms with van der Waals surface area (Å²) < 4.78 is 19.9. The summed E-state index contributed by atoms with van der Waals surface area (Å²) in [5.41, 5.74) is 0.431. The van der Waals surface area contributed by atoms with Gasteiger partial charge in [-0.1, -0.05) is 36.3 Å². The van der Waals surface area contributed by atoms with Crippen molar-refractivity contribution in [3.05, 3.63) is 53.9 Å². The van der Waals surface area contributed by atoms with E-state index in [1.165, 1.54) is 10.9 Å². The highest BCUT2D eigenvalue weighted by Crippen LogP contribution is 2.21. The Morgan fingerprint density at radius 1 is 1.35 bits per heavy atom. The third kappa shape index (κ3) is 3.64. The first kappa shape index (κ1) is 16.4. The lowest BCUT2D eigenvalue weighted by atomic mass is 10.1. The molecule has 0 amide bonds. The first-order valence-electron chi connectivity index (χ1n) is 6.94. The van der Waals surface area contributed by atoms with Gasteiger partial charge in [0.15, 0.2) is 12.3 Å². The van der Waals surface area contributed by atoms with Crippen LogP contribution >= 0.6 is 0 Å². The Balaban J connectivity index is 2.29. The molecule has 0 radical (unpaired) electrons. The quantitative estimate of drug-likeness (QED) is 0.368. The molecule has 1 heterocycles. The number of esters is 1. The molecule has 0 aliphatic carbocycles. The molecule has 2 aromatic rings. The first-order chi connectivity index (χ1) is 11.1. The van der Waals surface area contributed by atoms with Crippen LogP contribution in [0.2, 0.25) is 0 Å². The van der Waals surface area contributed by atoms with Crippen molar-refractivity contribution in [2.45, 2.75) is 19.9 Å².